The van der Waals surface area contributed by atoms with Crippen LogP contribution in [0.25, 0.3) is 0 Å². The summed E-state index contributed by atoms with van der Waals surface area (Å²) in [5, 5.41) is 9.54. The number of carbonyl (C=O) groups is 2. The predicted octanol–water partition coefficient (Wildman–Crippen LogP) is 2.28. The molecule has 4 nitrogen and oxygen atoms in total. The topological polar surface area (TPSA) is 57.6 Å². The molecule has 17 heavy (non-hydrogen) atoms. The van der Waals surface area contributed by atoms with Crippen molar-refractivity contribution in [2.45, 2.75) is 58.4 Å². The van der Waals surface area contributed by atoms with E-state index in [0.29, 0.717) is 6.54 Å². The molecule has 1 amide bonds. The molecule has 0 spiro atoms. The van der Waals surface area contributed by atoms with Crippen molar-refractivity contribution >= 4 is 11.9 Å². The molecule has 98 valence electrons. The maximum absolute atomic E-state index is 11.6. The summed E-state index contributed by atoms with van der Waals surface area (Å²) in [6, 6.07) is 0. The molecule has 0 radical (unpaired) electrons. The van der Waals surface area contributed by atoms with Gasteiger partial charge in [0.2, 0.25) is 5.91 Å². The van der Waals surface area contributed by atoms with E-state index in [1.165, 1.54) is 18.2 Å². The van der Waals surface area contributed by atoms with Crippen LogP contribution in [0.2, 0.25) is 0 Å². The molecule has 1 N–H and O–H groups in total. The van der Waals surface area contributed by atoms with Gasteiger partial charge in [-0.3, -0.25) is 4.79 Å². The summed E-state index contributed by atoms with van der Waals surface area (Å²) < 4.78 is 0. The van der Waals surface area contributed by atoms with Crippen LogP contribution in [0.15, 0.2) is 0 Å². The summed E-state index contributed by atoms with van der Waals surface area (Å²) in [4.78, 5) is 24.8. The Morgan fingerprint density at radius 2 is 1.82 bits per heavy atom. The SMILES string of the molecule is CCN(C(C)=O)C(C)(C(=O)O)C1CCCCC1. The fourth-order valence-electron chi connectivity index (χ4n) is 3.05. The normalized spacial score (nSPS) is 20.6. The maximum atomic E-state index is 11.6. The first-order valence-electron chi connectivity index (χ1n) is 6.46. The van der Waals surface area contributed by atoms with E-state index >= 15 is 0 Å². The number of carbonyl (C=O) groups excluding carboxylic acids is 1. The third-order valence-corrected chi connectivity index (χ3v) is 4.09. The Balaban J connectivity index is 3.01. The number of hydrogen-bond acceptors (Lipinski definition) is 2. The molecule has 0 bridgehead atoms. The Hall–Kier alpha value is -1.06. The second-order valence-corrected chi connectivity index (χ2v) is 5.05. The van der Waals surface area contributed by atoms with E-state index in [1.54, 1.807) is 6.92 Å². The van der Waals surface area contributed by atoms with Crippen molar-refractivity contribution in [3.8, 4) is 0 Å². The lowest BCUT2D eigenvalue weighted by Crippen LogP contribution is -2.59. The Kier molecular flexibility index (Phi) is 4.54. The summed E-state index contributed by atoms with van der Waals surface area (Å²) >= 11 is 0. The first kappa shape index (κ1) is 14.0. The average molecular weight is 241 g/mol. The van der Waals surface area contributed by atoms with Gasteiger partial charge in [0.05, 0.1) is 0 Å². The molecule has 0 saturated heterocycles. The smallest absolute Gasteiger partial charge is 0.329 e. The highest BCUT2D eigenvalue weighted by atomic mass is 16.4. The number of aliphatic carboxylic acids is 1. The third kappa shape index (κ3) is 2.61. The summed E-state index contributed by atoms with van der Waals surface area (Å²) in [5.41, 5.74) is -1.04. The molecular weight excluding hydrogens is 218 g/mol. The molecule has 1 unspecified atom stereocenters. The largest absolute Gasteiger partial charge is 0.479 e. The van der Waals surface area contributed by atoms with E-state index < -0.39 is 11.5 Å². The molecule has 0 heterocycles. The number of amides is 1. The van der Waals surface area contributed by atoms with Crippen LogP contribution >= 0.6 is 0 Å². The molecule has 0 aromatic rings. The Labute approximate surface area is 103 Å². The predicted molar refractivity (Wildman–Crippen MR) is 65.7 cm³/mol. The van der Waals surface area contributed by atoms with Crippen molar-refractivity contribution in [1.29, 1.82) is 0 Å². The summed E-state index contributed by atoms with van der Waals surface area (Å²) in [6.45, 7) is 5.45. The first-order chi connectivity index (χ1) is 7.94. The van der Waals surface area contributed by atoms with Crippen LogP contribution in [0.3, 0.4) is 0 Å². The molecule has 0 aromatic carbocycles. The second kappa shape index (κ2) is 5.52. The van der Waals surface area contributed by atoms with Gasteiger partial charge >= 0.3 is 5.97 Å². The van der Waals surface area contributed by atoms with E-state index in [1.807, 2.05) is 6.92 Å². The fourth-order valence-corrected chi connectivity index (χ4v) is 3.05. The van der Waals surface area contributed by atoms with Gasteiger partial charge in [0.1, 0.15) is 5.54 Å². The quantitative estimate of drug-likeness (QED) is 0.821. The zero-order chi connectivity index (χ0) is 13.1. The molecule has 4 heteroatoms. The van der Waals surface area contributed by atoms with Gasteiger partial charge in [-0.2, -0.15) is 0 Å². The highest BCUT2D eigenvalue weighted by molar-refractivity contribution is 5.86. The maximum Gasteiger partial charge on any atom is 0.329 e. The minimum Gasteiger partial charge on any atom is -0.479 e. The van der Waals surface area contributed by atoms with Crippen LogP contribution in [0.1, 0.15) is 52.9 Å². The summed E-state index contributed by atoms with van der Waals surface area (Å²) in [5.74, 6) is -0.943. The van der Waals surface area contributed by atoms with Gasteiger partial charge in [0.15, 0.2) is 0 Å². The van der Waals surface area contributed by atoms with Gasteiger partial charge in [-0.05, 0) is 32.6 Å². The molecule has 1 aliphatic carbocycles. The van der Waals surface area contributed by atoms with E-state index in [0.717, 1.165) is 25.7 Å². The van der Waals surface area contributed by atoms with Crippen molar-refractivity contribution in [3.63, 3.8) is 0 Å². The fraction of sp³-hybridized carbons (Fsp3) is 0.846. The lowest BCUT2D eigenvalue weighted by atomic mass is 9.74. The highest BCUT2D eigenvalue weighted by Crippen LogP contribution is 2.36. The van der Waals surface area contributed by atoms with Crippen LogP contribution in [0, 0.1) is 5.92 Å². The standard InChI is InChI=1S/C13H23NO3/c1-4-14(10(2)15)13(3,12(16)17)11-8-6-5-7-9-11/h11H,4-9H2,1-3H3,(H,16,17). The summed E-state index contributed by atoms with van der Waals surface area (Å²) in [6.07, 6.45) is 5.14. The van der Waals surface area contributed by atoms with Crippen molar-refractivity contribution < 1.29 is 14.7 Å². The number of carboxylic acids is 1. The monoisotopic (exact) mass is 241 g/mol. The minimum atomic E-state index is -1.04. The number of nitrogens with zero attached hydrogens (tertiary/aromatic N) is 1. The van der Waals surface area contributed by atoms with Crippen LogP contribution in [0.4, 0.5) is 0 Å². The van der Waals surface area contributed by atoms with Crippen LogP contribution in [-0.4, -0.2) is 34.0 Å². The van der Waals surface area contributed by atoms with Crippen LogP contribution < -0.4 is 0 Å². The Bertz CT molecular complexity index is 297. The van der Waals surface area contributed by atoms with Crippen molar-refractivity contribution in [2.24, 2.45) is 5.92 Å². The van der Waals surface area contributed by atoms with Crippen LogP contribution in [-0.2, 0) is 9.59 Å². The van der Waals surface area contributed by atoms with E-state index in [-0.39, 0.29) is 11.8 Å². The molecule has 1 aliphatic rings. The van der Waals surface area contributed by atoms with E-state index in [9.17, 15) is 14.7 Å². The van der Waals surface area contributed by atoms with E-state index in [4.69, 9.17) is 0 Å². The highest BCUT2D eigenvalue weighted by Gasteiger charge is 2.47. The molecule has 1 saturated carbocycles. The van der Waals surface area contributed by atoms with Gasteiger partial charge in [-0.25, -0.2) is 4.79 Å². The lowest BCUT2D eigenvalue weighted by Gasteiger charge is -2.44. The van der Waals surface area contributed by atoms with Gasteiger partial charge < -0.3 is 10.0 Å². The molecule has 0 aliphatic heterocycles. The van der Waals surface area contributed by atoms with E-state index in [2.05, 4.69) is 0 Å². The number of likely N-dealkylation sites (N-methyl/N-ethyl adjacent to an activating group) is 1. The summed E-state index contributed by atoms with van der Waals surface area (Å²) in [7, 11) is 0. The number of carboxylic acid groups (broad SMARTS) is 1. The Morgan fingerprint density at radius 1 is 1.29 bits per heavy atom. The zero-order valence-corrected chi connectivity index (χ0v) is 11.0. The zero-order valence-electron chi connectivity index (χ0n) is 11.0. The van der Waals surface area contributed by atoms with Crippen molar-refractivity contribution in [1.82, 2.24) is 4.90 Å². The number of rotatable bonds is 4. The Morgan fingerprint density at radius 3 is 2.18 bits per heavy atom. The van der Waals surface area contributed by atoms with Gasteiger partial charge in [0, 0.05) is 13.5 Å². The van der Waals surface area contributed by atoms with Gasteiger partial charge in [0.25, 0.3) is 0 Å². The molecule has 0 aromatic heterocycles. The average Bonchev–Trinajstić information content (AvgIpc) is 2.30. The van der Waals surface area contributed by atoms with Gasteiger partial charge in [-0.15, -0.1) is 0 Å². The van der Waals surface area contributed by atoms with Crippen molar-refractivity contribution in [3.05, 3.63) is 0 Å². The van der Waals surface area contributed by atoms with Gasteiger partial charge in [-0.1, -0.05) is 19.3 Å². The molecular formula is C13H23NO3. The minimum absolute atomic E-state index is 0.0811. The molecule has 1 atom stereocenters. The lowest BCUT2D eigenvalue weighted by molar-refractivity contribution is -0.162. The first-order valence-corrected chi connectivity index (χ1v) is 6.46. The second-order valence-electron chi connectivity index (χ2n) is 5.05. The third-order valence-electron chi connectivity index (χ3n) is 4.09. The van der Waals surface area contributed by atoms with Crippen molar-refractivity contribution in [2.75, 3.05) is 6.54 Å². The van der Waals surface area contributed by atoms with Crippen LogP contribution in [0.5, 0.6) is 0 Å². The molecule has 1 fully saturated rings. The number of hydrogen-bond donors (Lipinski definition) is 1. The molecule has 1 rings (SSSR count).